The lowest BCUT2D eigenvalue weighted by Gasteiger charge is -2.22. The second-order valence-electron chi connectivity index (χ2n) is 9.84. The van der Waals surface area contributed by atoms with Crippen LogP contribution in [0.3, 0.4) is 0 Å². The average molecular weight is 582 g/mol. The molecule has 1 saturated carbocycles. The Morgan fingerprint density at radius 1 is 0.895 bits per heavy atom. The molecule has 1 aromatic heterocycles. The fourth-order valence-corrected chi connectivity index (χ4v) is 6.15. The number of aromatic nitrogens is 1. The van der Waals surface area contributed by atoms with Gasteiger partial charge in [0, 0.05) is 27.2 Å². The molecule has 0 saturated heterocycles. The first kappa shape index (κ1) is 25.0. The predicted molar refractivity (Wildman–Crippen MR) is 163 cm³/mol. The Hall–Kier alpha value is -3.28. The molecule has 0 N–H and O–H groups in total. The van der Waals surface area contributed by atoms with Crippen molar-refractivity contribution in [1.29, 1.82) is 0 Å². The number of halogens is 1. The summed E-state index contributed by atoms with van der Waals surface area (Å²) in [6, 6.07) is 29.7. The lowest BCUT2D eigenvalue weighted by atomic mass is 9.84. The number of aliphatic imine (C=N–C) groups is 1. The van der Waals surface area contributed by atoms with Gasteiger partial charge in [0.2, 0.25) is 5.13 Å². The van der Waals surface area contributed by atoms with E-state index in [-0.39, 0.29) is 0 Å². The van der Waals surface area contributed by atoms with Crippen LogP contribution in [0.2, 0.25) is 0 Å². The molecule has 1 aliphatic carbocycles. The van der Waals surface area contributed by atoms with E-state index in [9.17, 15) is 0 Å². The number of hydrogen-bond donors (Lipinski definition) is 0. The van der Waals surface area contributed by atoms with Crippen molar-refractivity contribution in [2.75, 3.05) is 0 Å². The Balaban J connectivity index is 1.23. The maximum Gasteiger partial charge on any atom is 0.209 e. The van der Waals surface area contributed by atoms with Gasteiger partial charge < -0.3 is 4.74 Å². The molecule has 190 valence electrons. The minimum atomic E-state index is 0.491. The van der Waals surface area contributed by atoms with E-state index in [4.69, 9.17) is 14.7 Å². The first-order chi connectivity index (χ1) is 18.7. The molecule has 0 bridgehead atoms. The summed E-state index contributed by atoms with van der Waals surface area (Å²) in [5.41, 5.74) is 5.67. The first-order valence-electron chi connectivity index (χ1n) is 13.2. The molecule has 38 heavy (non-hydrogen) atoms. The van der Waals surface area contributed by atoms with Crippen LogP contribution >= 0.6 is 27.3 Å². The number of hydrogen-bond acceptors (Lipinski definition) is 4. The third-order valence-corrected chi connectivity index (χ3v) is 8.59. The molecule has 0 radical (unpaired) electrons. The standard InChI is InChI=1S/C33H29BrN2OS/c34-28-17-10-23(11-18-28)21-37-32-19-16-26-8-4-5-9-29(26)30(32)20-35-33-36-31(22-38-33)27-14-12-25(13-15-27)24-6-2-1-3-7-24/h4-5,8-20,22,24H,1-3,6-7,21H2. The maximum absolute atomic E-state index is 6.27. The van der Waals surface area contributed by atoms with Crippen LogP contribution in [0.1, 0.15) is 54.7 Å². The van der Waals surface area contributed by atoms with Crippen molar-refractivity contribution >= 4 is 49.4 Å². The van der Waals surface area contributed by atoms with E-state index < -0.39 is 0 Å². The van der Waals surface area contributed by atoms with Crippen LogP contribution in [-0.4, -0.2) is 11.2 Å². The Labute approximate surface area is 236 Å². The normalized spacial score (nSPS) is 14.3. The molecule has 0 atom stereocenters. The molecule has 0 amide bonds. The van der Waals surface area contributed by atoms with Gasteiger partial charge in [0.15, 0.2) is 0 Å². The Kier molecular flexibility index (Phi) is 7.66. The van der Waals surface area contributed by atoms with E-state index in [0.717, 1.165) is 48.5 Å². The van der Waals surface area contributed by atoms with E-state index in [1.165, 1.54) is 37.7 Å². The van der Waals surface area contributed by atoms with E-state index >= 15 is 0 Å². The predicted octanol–water partition coefficient (Wildman–Crippen LogP) is 10.1. The second-order valence-corrected chi connectivity index (χ2v) is 11.6. The molecule has 0 unspecified atom stereocenters. The van der Waals surface area contributed by atoms with Gasteiger partial charge in [-0.15, -0.1) is 11.3 Å². The van der Waals surface area contributed by atoms with E-state index in [1.807, 2.05) is 24.4 Å². The molecule has 6 rings (SSSR count). The molecule has 5 heteroatoms. The number of fused-ring (bicyclic) bond motifs is 1. The smallest absolute Gasteiger partial charge is 0.209 e. The summed E-state index contributed by atoms with van der Waals surface area (Å²) in [5, 5.41) is 5.10. The van der Waals surface area contributed by atoms with Gasteiger partial charge in [0.05, 0.1) is 5.69 Å². The van der Waals surface area contributed by atoms with E-state index in [1.54, 1.807) is 11.3 Å². The van der Waals surface area contributed by atoms with Gasteiger partial charge in [0.1, 0.15) is 12.4 Å². The zero-order valence-corrected chi connectivity index (χ0v) is 23.5. The summed E-state index contributed by atoms with van der Waals surface area (Å²) in [7, 11) is 0. The van der Waals surface area contributed by atoms with Gasteiger partial charge in [-0.25, -0.2) is 9.98 Å². The number of thiazole rings is 1. The van der Waals surface area contributed by atoms with Gasteiger partial charge in [-0.2, -0.15) is 0 Å². The second kappa shape index (κ2) is 11.6. The monoisotopic (exact) mass is 580 g/mol. The van der Waals surface area contributed by atoms with Crippen molar-refractivity contribution in [2.24, 2.45) is 4.99 Å². The molecule has 5 aromatic rings. The summed E-state index contributed by atoms with van der Waals surface area (Å²) in [4.78, 5) is 9.61. The number of ether oxygens (including phenoxy) is 1. The van der Waals surface area contributed by atoms with Crippen molar-refractivity contribution in [3.8, 4) is 17.0 Å². The van der Waals surface area contributed by atoms with Crippen LogP contribution in [0.5, 0.6) is 5.75 Å². The van der Waals surface area contributed by atoms with Gasteiger partial charge >= 0.3 is 0 Å². The van der Waals surface area contributed by atoms with E-state index in [2.05, 4.69) is 88.0 Å². The number of rotatable bonds is 7. The number of benzene rings is 4. The van der Waals surface area contributed by atoms with Gasteiger partial charge in [-0.1, -0.05) is 102 Å². The highest BCUT2D eigenvalue weighted by molar-refractivity contribution is 9.10. The highest BCUT2D eigenvalue weighted by Gasteiger charge is 2.15. The van der Waals surface area contributed by atoms with Crippen LogP contribution in [0, 0.1) is 0 Å². The summed E-state index contributed by atoms with van der Waals surface area (Å²) in [6.45, 7) is 0.491. The molecule has 3 nitrogen and oxygen atoms in total. The summed E-state index contributed by atoms with van der Waals surface area (Å²) in [6.07, 6.45) is 8.62. The Morgan fingerprint density at radius 2 is 1.68 bits per heavy atom. The van der Waals surface area contributed by atoms with Crippen LogP contribution in [0.4, 0.5) is 5.13 Å². The number of nitrogens with zero attached hydrogens (tertiary/aromatic N) is 2. The van der Waals surface area contributed by atoms with Crippen molar-refractivity contribution in [3.05, 3.63) is 111 Å². The van der Waals surface area contributed by atoms with Crippen LogP contribution < -0.4 is 4.74 Å². The molecular weight excluding hydrogens is 552 g/mol. The van der Waals surface area contributed by atoms with Crippen molar-refractivity contribution in [1.82, 2.24) is 4.98 Å². The van der Waals surface area contributed by atoms with Gasteiger partial charge in [0.25, 0.3) is 0 Å². The molecule has 1 aliphatic rings. The Morgan fingerprint density at radius 3 is 2.50 bits per heavy atom. The largest absolute Gasteiger partial charge is 0.488 e. The molecule has 0 aliphatic heterocycles. The molecule has 1 fully saturated rings. The lowest BCUT2D eigenvalue weighted by molar-refractivity contribution is 0.306. The fourth-order valence-electron chi connectivity index (χ4n) is 5.21. The molecule has 4 aromatic carbocycles. The fraction of sp³-hybridized carbons (Fsp3) is 0.212. The van der Waals surface area contributed by atoms with Crippen LogP contribution in [0.15, 0.2) is 99.8 Å². The molecule has 0 spiro atoms. The van der Waals surface area contributed by atoms with E-state index in [0.29, 0.717) is 12.5 Å². The maximum atomic E-state index is 6.27. The summed E-state index contributed by atoms with van der Waals surface area (Å²) >= 11 is 5.06. The van der Waals surface area contributed by atoms with Crippen molar-refractivity contribution in [2.45, 2.75) is 44.6 Å². The van der Waals surface area contributed by atoms with Crippen molar-refractivity contribution in [3.63, 3.8) is 0 Å². The third kappa shape index (κ3) is 5.74. The summed E-state index contributed by atoms with van der Waals surface area (Å²) in [5.74, 6) is 1.53. The zero-order valence-electron chi connectivity index (χ0n) is 21.1. The quantitative estimate of drug-likeness (QED) is 0.179. The highest BCUT2D eigenvalue weighted by Crippen LogP contribution is 2.35. The minimum absolute atomic E-state index is 0.491. The van der Waals surface area contributed by atoms with Crippen LogP contribution in [-0.2, 0) is 6.61 Å². The SMILES string of the molecule is Brc1ccc(COc2ccc3ccccc3c2C=Nc2nc(-c3ccc(C4CCCCC4)cc3)cs2)cc1. The van der Waals surface area contributed by atoms with Gasteiger partial charge in [-0.3, -0.25) is 0 Å². The topological polar surface area (TPSA) is 34.5 Å². The Bertz CT molecular complexity index is 1550. The average Bonchev–Trinajstić information content (AvgIpc) is 3.45. The lowest BCUT2D eigenvalue weighted by Crippen LogP contribution is -2.04. The zero-order chi connectivity index (χ0) is 25.7. The van der Waals surface area contributed by atoms with Crippen LogP contribution in [0.25, 0.3) is 22.0 Å². The minimum Gasteiger partial charge on any atom is -0.488 e. The third-order valence-electron chi connectivity index (χ3n) is 7.32. The molecule has 1 heterocycles. The van der Waals surface area contributed by atoms with Gasteiger partial charge in [-0.05, 0) is 58.9 Å². The highest BCUT2D eigenvalue weighted by atomic mass is 79.9. The molecular formula is C33H29BrN2OS. The first-order valence-corrected chi connectivity index (χ1v) is 14.9. The summed E-state index contributed by atoms with van der Waals surface area (Å²) < 4.78 is 7.33. The van der Waals surface area contributed by atoms with Crippen molar-refractivity contribution < 1.29 is 4.74 Å².